The van der Waals surface area contributed by atoms with Crippen LogP contribution in [0.3, 0.4) is 0 Å². The van der Waals surface area contributed by atoms with Gasteiger partial charge in [-0.25, -0.2) is 0 Å². The number of halogens is 3. The minimum absolute atomic E-state index is 0.113. The van der Waals surface area contributed by atoms with Crippen LogP contribution < -0.4 is 5.73 Å². The molecule has 0 fully saturated rings. The minimum Gasteiger partial charge on any atom is -0.465 e. The third-order valence-electron chi connectivity index (χ3n) is 2.73. The van der Waals surface area contributed by atoms with E-state index in [1.54, 1.807) is 0 Å². The number of hydrogen-bond acceptors (Lipinski definition) is 3. The second kappa shape index (κ2) is 8.34. The summed E-state index contributed by atoms with van der Waals surface area (Å²) in [6.07, 6.45) is -1.75. The summed E-state index contributed by atoms with van der Waals surface area (Å²) in [6.45, 7) is 3.91. The smallest absolute Gasteiger partial charge is 0.404 e. The molecular formula is C12H22F3NO2. The summed E-state index contributed by atoms with van der Waals surface area (Å²) in [4.78, 5) is 11.6. The molecule has 0 radical (unpaired) electrons. The molecule has 0 unspecified atom stereocenters. The number of ether oxygens (including phenoxy) is 1. The molecule has 3 nitrogen and oxygen atoms in total. The molecule has 0 aromatic rings. The third kappa shape index (κ3) is 6.23. The first-order valence-electron chi connectivity index (χ1n) is 6.33. The Morgan fingerprint density at radius 1 is 1.22 bits per heavy atom. The van der Waals surface area contributed by atoms with Gasteiger partial charge in [-0.2, -0.15) is 13.2 Å². The maximum atomic E-state index is 12.5. The molecule has 0 amide bonds. The van der Waals surface area contributed by atoms with Crippen LogP contribution in [0.25, 0.3) is 0 Å². The first-order chi connectivity index (χ1) is 8.34. The number of carbonyl (C=O) groups excluding carboxylic acids is 1. The molecule has 0 spiro atoms. The van der Waals surface area contributed by atoms with E-state index in [9.17, 15) is 18.0 Å². The van der Waals surface area contributed by atoms with Crippen LogP contribution in [0.4, 0.5) is 13.2 Å². The predicted octanol–water partition coefficient (Wildman–Crippen LogP) is 3.03. The normalized spacial score (nSPS) is 15.2. The van der Waals surface area contributed by atoms with Crippen LogP contribution in [0.1, 0.15) is 46.0 Å². The van der Waals surface area contributed by atoms with E-state index in [1.807, 2.05) is 13.8 Å². The van der Waals surface area contributed by atoms with Crippen LogP contribution in [-0.2, 0) is 9.53 Å². The van der Waals surface area contributed by atoms with E-state index >= 15 is 0 Å². The van der Waals surface area contributed by atoms with Gasteiger partial charge in [0.05, 0.1) is 12.5 Å². The van der Waals surface area contributed by atoms with Crippen molar-refractivity contribution >= 4 is 5.97 Å². The van der Waals surface area contributed by atoms with Gasteiger partial charge in [-0.15, -0.1) is 0 Å². The summed E-state index contributed by atoms with van der Waals surface area (Å²) >= 11 is 0. The molecule has 0 aromatic carbocycles. The SMILES string of the molecule is CCCCOC(=O)[C@@H](CCCC)[C@H](N)C(F)(F)F. The van der Waals surface area contributed by atoms with Gasteiger partial charge >= 0.3 is 12.1 Å². The highest BCUT2D eigenvalue weighted by Gasteiger charge is 2.45. The summed E-state index contributed by atoms with van der Waals surface area (Å²) in [5, 5.41) is 0. The fraction of sp³-hybridized carbons (Fsp3) is 0.917. The fourth-order valence-electron chi connectivity index (χ4n) is 1.52. The van der Waals surface area contributed by atoms with Crippen LogP contribution in [0, 0.1) is 5.92 Å². The number of alkyl halides is 3. The average Bonchev–Trinajstić information content (AvgIpc) is 2.28. The van der Waals surface area contributed by atoms with Crippen molar-refractivity contribution in [3.05, 3.63) is 0 Å². The van der Waals surface area contributed by atoms with Crippen molar-refractivity contribution in [2.24, 2.45) is 11.7 Å². The predicted molar refractivity (Wildman–Crippen MR) is 62.9 cm³/mol. The van der Waals surface area contributed by atoms with Crippen molar-refractivity contribution in [2.75, 3.05) is 6.61 Å². The lowest BCUT2D eigenvalue weighted by atomic mass is 9.94. The molecule has 0 saturated carbocycles. The second-order valence-electron chi connectivity index (χ2n) is 4.34. The van der Waals surface area contributed by atoms with Gasteiger partial charge in [-0.3, -0.25) is 4.79 Å². The van der Waals surface area contributed by atoms with E-state index in [1.165, 1.54) is 0 Å². The highest BCUT2D eigenvalue weighted by Crippen LogP contribution is 2.27. The zero-order valence-corrected chi connectivity index (χ0v) is 10.9. The molecule has 108 valence electrons. The molecule has 2 atom stereocenters. The molecular weight excluding hydrogens is 247 g/mol. The lowest BCUT2D eigenvalue weighted by Gasteiger charge is -2.24. The van der Waals surface area contributed by atoms with Crippen molar-refractivity contribution in [3.63, 3.8) is 0 Å². The Labute approximate surface area is 106 Å². The van der Waals surface area contributed by atoms with Crippen LogP contribution in [-0.4, -0.2) is 24.8 Å². The number of nitrogens with two attached hydrogens (primary N) is 1. The average molecular weight is 269 g/mol. The molecule has 0 aliphatic heterocycles. The fourth-order valence-corrected chi connectivity index (χ4v) is 1.52. The summed E-state index contributed by atoms with van der Waals surface area (Å²) in [6, 6.07) is -2.14. The van der Waals surface area contributed by atoms with Gasteiger partial charge in [-0.1, -0.05) is 33.1 Å². The standard InChI is InChI=1S/C12H22F3NO2/c1-3-5-7-9(10(16)12(13,14)15)11(17)18-8-6-4-2/h9-10H,3-8,16H2,1-2H3/t9-,10-/m0/s1. The van der Waals surface area contributed by atoms with E-state index in [2.05, 4.69) is 0 Å². The van der Waals surface area contributed by atoms with Gasteiger partial charge in [0.15, 0.2) is 0 Å². The van der Waals surface area contributed by atoms with Crippen molar-refractivity contribution in [1.82, 2.24) is 0 Å². The van der Waals surface area contributed by atoms with Gasteiger partial charge in [0.1, 0.15) is 6.04 Å². The number of esters is 1. The van der Waals surface area contributed by atoms with E-state index in [-0.39, 0.29) is 13.0 Å². The maximum absolute atomic E-state index is 12.5. The first-order valence-corrected chi connectivity index (χ1v) is 6.33. The van der Waals surface area contributed by atoms with Crippen LogP contribution in [0.15, 0.2) is 0 Å². The Balaban J connectivity index is 4.51. The number of hydrogen-bond donors (Lipinski definition) is 1. The molecule has 0 bridgehead atoms. The topological polar surface area (TPSA) is 52.3 Å². The summed E-state index contributed by atoms with van der Waals surface area (Å²) < 4.78 is 42.5. The Morgan fingerprint density at radius 2 is 1.78 bits per heavy atom. The van der Waals surface area contributed by atoms with E-state index in [0.29, 0.717) is 19.3 Å². The highest BCUT2D eigenvalue weighted by atomic mass is 19.4. The quantitative estimate of drug-likeness (QED) is 0.544. The maximum Gasteiger partial charge on any atom is 0.404 e. The molecule has 0 heterocycles. The van der Waals surface area contributed by atoms with Crippen molar-refractivity contribution in [3.8, 4) is 0 Å². The van der Waals surface area contributed by atoms with E-state index in [4.69, 9.17) is 10.5 Å². The molecule has 0 aliphatic carbocycles. The van der Waals surface area contributed by atoms with Crippen molar-refractivity contribution in [2.45, 2.75) is 58.2 Å². The lowest BCUT2D eigenvalue weighted by molar-refractivity contribution is -0.177. The van der Waals surface area contributed by atoms with Crippen LogP contribution >= 0.6 is 0 Å². The van der Waals surface area contributed by atoms with Crippen LogP contribution in [0.2, 0.25) is 0 Å². The summed E-state index contributed by atoms with van der Waals surface area (Å²) in [7, 11) is 0. The van der Waals surface area contributed by atoms with Crippen molar-refractivity contribution in [1.29, 1.82) is 0 Å². The second-order valence-corrected chi connectivity index (χ2v) is 4.34. The monoisotopic (exact) mass is 269 g/mol. The first kappa shape index (κ1) is 17.2. The molecule has 0 aromatic heterocycles. The Bertz CT molecular complexity index is 244. The van der Waals surface area contributed by atoms with Crippen molar-refractivity contribution < 1.29 is 22.7 Å². The number of rotatable bonds is 8. The van der Waals surface area contributed by atoms with Gasteiger partial charge in [0, 0.05) is 0 Å². The van der Waals surface area contributed by atoms with E-state index < -0.39 is 24.1 Å². The number of carbonyl (C=O) groups is 1. The third-order valence-corrected chi connectivity index (χ3v) is 2.73. The zero-order valence-electron chi connectivity index (χ0n) is 10.9. The molecule has 0 rings (SSSR count). The molecule has 18 heavy (non-hydrogen) atoms. The van der Waals surface area contributed by atoms with Gasteiger partial charge in [0.2, 0.25) is 0 Å². The minimum atomic E-state index is -4.57. The summed E-state index contributed by atoms with van der Waals surface area (Å²) in [5.41, 5.74) is 5.12. The Morgan fingerprint density at radius 3 is 2.22 bits per heavy atom. The Kier molecular flexibility index (Phi) is 7.98. The van der Waals surface area contributed by atoms with Gasteiger partial charge in [-0.05, 0) is 12.8 Å². The molecule has 2 N–H and O–H groups in total. The van der Waals surface area contributed by atoms with Gasteiger partial charge < -0.3 is 10.5 Å². The summed E-state index contributed by atoms with van der Waals surface area (Å²) in [5.74, 6) is -2.12. The lowest BCUT2D eigenvalue weighted by Crippen LogP contribution is -2.47. The van der Waals surface area contributed by atoms with E-state index in [0.717, 1.165) is 6.42 Å². The molecule has 0 aliphatic rings. The number of unbranched alkanes of at least 4 members (excludes halogenated alkanes) is 2. The Hall–Kier alpha value is -0.780. The molecule has 0 saturated heterocycles. The highest BCUT2D eigenvalue weighted by molar-refractivity contribution is 5.73. The molecule has 6 heteroatoms. The largest absolute Gasteiger partial charge is 0.465 e. The zero-order chi connectivity index (χ0) is 14.2. The van der Waals surface area contributed by atoms with Gasteiger partial charge in [0.25, 0.3) is 0 Å². The van der Waals surface area contributed by atoms with Crippen LogP contribution in [0.5, 0.6) is 0 Å².